The molecule has 3 rings (SSSR count). The monoisotopic (exact) mass is 402 g/mol. The highest BCUT2D eigenvalue weighted by Gasteiger charge is 2.47. The van der Waals surface area contributed by atoms with Crippen molar-refractivity contribution in [3.63, 3.8) is 0 Å². The van der Waals surface area contributed by atoms with Gasteiger partial charge >= 0.3 is 6.03 Å². The standard InChI is InChI=1S/C21H23ClN2O4/c1-21(12-11-14-7-9-15(27-2)10-8-14)19(25)24(20(26)23-21)13-16-17(22)5-4-6-18(16)28-3/h4-10H,11-13H2,1-3H3,(H,23,26)/t21-/m0/s1. The van der Waals surface area contributed by atoms with Crippen LogP contribution in [0.4, 0.5) is 4.79 Å². The van der Waals surface area contributed by atoms with E-state index in [9.17, 15) is 9.59 Å². The molecule has 0 bridgehead atoms. The van der Waals surface area contributed by atoms with Gasteiger partial charge in [0.1, 0.15) is 17.0 Å². The first-order chi connectivity index (χ1) is 13.4. The Morgan fingerprint density at radius 1 is 1.07 bits per heavy atom. The van der Waals surface area contributed by atoms with Crippen molar-refractivity contribution in [2.75, 3.05) is 14.2 Å². The lowest BCUT2D eigenvalue weighted by Crippen LogP contribution is -2.44. The zero-order valence-corrected chi connectivity index (χ0v) is 16.9. The number of methoxy groups -OCH3 is 2. The Labute approximate surface area is 169 Å². The van der Waals surface area contributed by atoms with Crippen LogP contribution in [0.3, 0.4) is 0 Å². The van der Waals surface area contributed by atoms with Crippen LogP contribution in [-0.2, 0) is 17.8 Å². The minimum atomic E-state index is -0.967. The van der Waals surface area contributed by atoms with E-state index in [-0.39, 0.29) is 12.5 Å². The average Bonchev–Trinajstić information content (AvgIpc) is 2.91. The Balaban J connectivity index is 1.73. The summed E-state index contributed by atoms with van der Waals surface area (Å²) in [4.78, 5) is 26.7. The van der Waals surface area contributed by atoms with Gasteiger partial charge in [0.25, 0.3) is 5.91 Å². The van der Waals surface area contributed by atoms with Gasteiger partial charge < -0.3 is 14.8 Å². The first kappa shape index (κ1) is 20.0. The minimum Gasteiger partial charge on any atom is -0.497 e. The molecular weight excluding hydrogens is 380 g/mol. The van der Waals surface area contributed by atoms with Gasteiger partial charge in [-0.1, -0.05) is 29.8 Å². The molecule has 1 fully saturated rings. The maximum absolute atomic E-state index is 13.0. The second kappa shape index (κ2) is 8.10. The van der Waals surface area contributed by atoms with Gasteiger partial charge in [0.15, 0.2) is 0 Å². The van der Waals surface area contributed by atoms with Gasteiger partial charge in [-0.3, -0.25) is 9.69 Å². The SMILES string of the molecule is COc1ccc(CC[C@]2(C)NC(=O)N(Cc3c(Cl)cccc3OC)C2=O)cc1. The molecule has 7 heteroatoms. The predicted molar refractivity (Wildman–Crippen MR) is 107 cm³/mol. The van der Waals surface area contributed by atoms with Crippen LogP contribution < -0.4 is 14.8 Å². The zero-order chi connectivity index (χ0) is 20.3. The third-order valence-electron chi connectivity index (χ3n) is 5.03. The fraction of sp³-hybridized carbons (Fsp3) is 0.333. The number of carbonyl (C=O) groups excluding carboxylic acids is 2. The minimum absolute atomic E-state index is 0.0611. The number of carbonyl (C=O) groups is 2. The first-order valence-corrected chi connectivity index (χ1v) is 9.34. The normalized spacial score (nSPS) is 18.9. The number of hydrogen-bond donors (Lipinski definition) is 1. The van der Waals surface area contributed by atoms with Gasteiger partial charge in [0, 0.05) is 10.6 Å². The topological polar surface area (TPSA) is 67.9 Å². The number of benzene rings is 2. The Hall–Kier alpha value is -2.73. The molecule has 2 aromatic rings. The van der Waals surface area contributed by atoms with Crippen molar-refractivity contribution in [3.05, 3.63) is 58.6 Å². The van der Waals surface area contributed by atoms with E-state index in [2.05, 4.69) is 5.32 Å². The van der Waals surface area contributed by atoms with Crippen LogP contribution in [-0.4, -0.2) is 36.6 Å². The van der Waals surface area contributed by atoms with E-state index in [1.807, 2.05) is 24.3 Å². The molecule has 0 radical (unpaired) electrons. The molecule has 0 aromatic heterocycles. The van der Waals surface area contributed by atoms with Crippen LogP contribution >= 0.6 is 11.6 Å². The number of aryl methyl sites for hydroxylation is 1. The van der Waals surface area contributed by atoms with Crippen LogP contribution in [0.15, 0.2) is 42.5 Å². The number of urea groups is 1. The van der Waals surface area contributed by atoms with Crippen LogP contribution in [0.1, 0.15) is 24.5 Å². The summed E-state index contributed by atoms with van der Waals surface area (Å²) in [6.07, 6.45) is 1.13. The summed E-state index contributed by atoms with van der Waals surface area (Å²) < 4.78 is 10.5. The highest BCUT2D eigenvalue weighted by Crippen LogP contribution is 2.31. The van der Waals surface area contributed by atoms with Gasteiger partial charge in [-0.05, 0) is 49.6 Å². The molecule has 0 spiro atoms. The van der Waals surface area contributed by atoms with Crippen molar-refractivity contribution >= 4 is 23.5 Å². The van der Waals surface area contributed by atoms with Crippen molar-refractivity contribution < 1.29 is 19.1 Å². The molecule has 0 aliphatic carbocycles. The Morgan fingerprint density at radius 2 is 1.79 bits per heavy atom. The molecule has 148 valence electrons. The quantitative estimate of drug-likeness (QED) is 0.715. The van der Waals surface area contributed by atoms with E-state index >= 15 is 0 Å². The molecule has 1 saturated heterocycles. The third kappa shape index (κ3) is 3.92. The molecule has 1 aliphatic rings. The number of ether oxygens (including phenoxy) is 2. The van der Waals surface area contributed by atoms with Crippen molar-refractivity contribution in [2.45, 2.75) is 31.8 Å². The number of imide groups is 1. The van der Waals surface area contributed by atoms with Crippen molar-refractivity contribution in [1.29, 1.82) is 0 Å². The van der Waals surface area contributed by atoms with Crippen LogP contribution in [0, 0.1) is 0 Å². The largest absolute Gasteiger partial charge is 0.497 e. The molecule has 1 heterocycles. The number of nitrogens with zero attached hydrogens (tertiary/aromatic N) is 1. The predicted octanol–water partition coefficient (Wildman–Crippen LogP) is 3.80. The highest BCUT2D eigenvalue weighted by molar-refractivity contribution is 6.31. The van der Waals surface area contributed by atoms with Crippen LogP contribution in [0.25, 0.3) is 0 Å². The third-order valence-corrected chi connectivity index (χ3v) is 5.38. The average molecular weight is 403 g/mol. The lowest BCUT2D eigenvalue weighted by atomic mass is 9.93. The van der Waals surface area contributed by atoms with E-state index in [0.717, 1.165) is 11.3 Å². The van der Waals surface area contributed by atoms with E-state index < -0.39 is 11.6 Å². The van der Waals surface area contributed by atoms with Gasteiger partial charge in [-0.2, -0.15) is 0 Å². The second-order valence-corrected chi connectivity index (χ2v) is 7.33. The molecule has 0 saturated carbocycles. The summed E-state index contributed by atoms with van der Waals surface area (Å²) in [5.41, 5.74) is 0.704. The molecule has 28 heavy (non-hydrogen) atoms. The molecule has 1 atom stereocenters. The van der Waals surface area contributed by atoms with E-state index in [0.29, 0.717) is 29.2 Å². The maximum Gasteiger partial charge on any atom is 0.325 e. The highest BCUT2D eigenvalue weighted by atomic mass is 35.5. The van der Waals surface area contributed by atoms with E-state index in [4.69, 9.17) is 21.1 Å². The maximum atomic E-state index is 13.0. The smallest absolute Gasteiger partial charge is 0.325 e. The fourth-order valence-corrected chi connectivity index (χ4v) is 3.51. The summed E-state index contributed by atoms with van der Waals surface area (Å²) in [5, 5.41) is 3.28. The first-order valence-electron chi connectivity index (χ1n) is 8.96. The van der Waals surface area contributed by atoms with Gasteiger partial charge in [-0.15, -0.1) is 0 Å². The van der Waals surface area contributed by atoms with Crippen LogP contribution in [0.5, 0.6) is 11.5 Å². The summed E-state index contributed by atoms with van der Waals surface area (Å²) in [6.45, 7) is 1.81. The van der Waals surface area contributed by atoms with Crippen LogP contribution in [0.2, 0.25) is 5.02 Å². The summed E-state index contributed by atoms with van der Waals surface area (Å²) in [6, 6.07) is 12.5. The Bertz CT molecular complexity index is 884. The molecular formula is C21H23ClN2O4. The lowest BCUT2D eigenvalue weighted by Gasteiger charge is -2.22. The van der Waals surface area contributed by atoms with E-state index in [1.54, 1.807) is 32.2 Å². The van der Waals surface area contributed by atoms with Gasteiger partial charge in [0.2, 0.25) is 0 Å². The Morgan fingerprint density at radius 3 is 2.43 bits per heavy atom. The van der Waals surface area contributed by atoms with Crippen molar-refractivity contribution in [3.8, 4) is 11.5 Å². The van der Waals surface area contributed by atoms with Crippen molar-refractivity contribution in [1.82, 2.24) is 10.2 Å². The fourth-order valence-electron chi connectivity index (χ4n) is 3.29. The Kier molecular flexibility index (Phi) is 5.79. The number of rotatable bonds is 7. The number of halogens is 1. The molecule has 3 amide bonds. The molecule has 1 N–H and O–H groups in total. The molecule has 1 aliphatic heterocycles. The van der Waals surface area contributed by atoms with Gasteiger partial charge in [-0.25, -0.2) is 4.79 Å². The number of amides is 3. The van der Waals surface area contributed by atoms with Gasteiger partial charge in [0.05, 0.1) is 20.8 Å². The lowest BCUT2D eigenvalue weighted by molar-refractivity contribution is -0.131. The summed E-state index contributed by atoms with van der Waals surface area (Å²) in [5.74, 6) is 1.05. The number of nitrogens with one attached hydrogen (secondary N) is 1. The molecule has 6 nitrogen and oxygen atoms in total. The summed E-state index contributed by atoms with van der Waals surface area (Å²) in [7, 11) is 3.14. The zero-order valence-electron chi connectivity index (χ0n) is 16.1. The second-order valence-electron chi connectivity index (χ2n) is 6.92. The van der Waals surface area contributed by atoms with E-state index in [1.165, 1.54) is 12.0 Å². The molecule has 0 unspecified atom stereocenters. The molecule has 2 aromatic carbocycles. The van der Waals surface area contributed by atoms with Crippen molar-refractivity contribution in [2.24, 2.45) is 0 Å². The number of hydrogen-bond acceptors (Lipinski definition) is 4. The summed E-state index contributed by atoms with van der Waals surface area (Å²) >= 11 is 6.26.